The van der Waals surface area contributed by atoms with Crippen LogP contribution in [0.5, 0.6) is 0 Å². The van der Waals surface area contributed by atoms with E-state index in [9.17, 15) is 8.42 Å². The van der Waals surface area contributed by atoms with Crippen molar-refractivity contribution in [3.8, 4) is 0 Å². The molecule has 1 rings (SSSR count). The van der Waals surface area contributed by atoms with Crippen LogP contribution in [0.1, 0.15) is 33.1 Å². The van der Waals surface area contributed by atoms with Crippen molar-refractivity contribution in [2.45, 2.75) is 33.1 Å². The molecule has 108 valence electrons. The summed E-state index contributed by atoms with van der Waals surface area (Å²) in [4.78, 5) is 2.41. The van der Waals surface area contributed by atoms with Crippen molar-refractivity contribution >= 4 is 9.84 Å². The van der Waals surface area contributed by atoms with E-state index in [-0.39, 0.29) is 5.75 Å². The molecule has 1 heterocycles. The Labute approximate surface area is 112 Å². The van der Waals surface area contributed by atoms with Crippen molar-refractivity contribution in [2.24, 2.45) is 17.6 Å². The monoisotopic (exact) mass is 276 g/mol. The van der Waals surface area contributed by atoms with Gasteiger partial charge in [0.15, 0.2) is 0 Å². The topological polar surface area (TPSA) is 63.4 Å². The van der Waals surface area contributed by atoms with E-state index in [0.717, 1.165) is 39.0 Å². The summed E-state index contributed by atoms with van der Waals surface area (Å²) in [5.41, 5.74) is 5.79. The summed E-state index contributed by atoms with van der Waals surface area (Å²) in [5.74, 6) is 1.94. The Morgan fingerprint density at radius 3 is 2.56 bits per heavy atom. The van der Waals surface area contributed by atoms with Gasteiger partial charge in [0.1, 0.15) is 9.84 Å². The zero-order chi connectivity index (χ0) is 13.6. The van der Waals surface area contributed by atoms with E-state index in [1.165, 1.54) is 6.42 Å². The maximum absolute atomic E-state index is 11.4. The molecule has 5 heteroatoms. The molecule has 0 aliphatic carbocycles. The van der Waals surface area contributed by atoms with Crippen LogP contribution in [0.3, 0.4) is 0 Å². The molecule has 0 radical (unpaired) electrons. The van der Waals surface area contributed by atoms with E-state index in [4.69, 9.17) is 5.73 Å². The van der Waals surface area contributed by atoms with Crippen LogP contribution in [-0.4, -0.2) is 51.0 Å². The van der Waals surface area contributed by atoms with E-state index < -0.39 is 9.84 Å². The molecule has 0 saturated carbocycles. The number of nitrogens with zero attached hydrogens (tertiary/aromatic N) is 1. The average Bonchev–Trinajstić information content (AvgIpc) is 2.38. The molecule has 1 aliphatic heterocycles. The maximum Gasteiger partial charge on any atom is 0.150 e. The molecule has 0 aromatic carbocycles. The number of rotatable bonds is 7. The number of nitrogens with two attached hydrogens (primary N) is 1. The Bertz CT molecular complexity index is 330. The fourth-order valence-electron chi connectivity index (χ4n) is 2.78. The first-order chi connectivity index (χ1) is 8.52. The van der Waals surface area contributed by atoms with Crippen molar-refractivity contribution < 1.29 is 8.42 Å². The highest BCUT2D eigenvalue weighted by Crippen LogP contribution is 2.25. The van der Waals surface area contributed by atoms with E-state index in [0.29, 0.717) is 17.6 Å². The Morgan fingerprint density at radius 2 is 2.00 bits per heavy atom. The lowest BCUT2D eigenvalue weighted by Gasteiger charge is -2.37. The van der Waals surface area contributed by atoms with Gasteiger partial charge in [0.2, 0.25) is 0 Å². The molecular weight excluding hydrogens is 248 g/mol. The summed E-state index contributed by atoms with van der Waals surface area (Å²) in [6, 6.07) is 0. The predicted octanol–water partition coefficient (Wildman–Crippen LogP) is 1.12. The molecule has 0 bridgehead atoms. The van der Waals surface area contributed by atoms with Gasteiger partial charge in [-0.3, -0.25) is 0 Å². The molecule has 18 heavy (non-hydrogen) atoms. The second-order valence-electron chi connectivity index (χ2n) is 5.34. The quantitative estimate of drug-likeness (QED) is 0.757. The highest BCUT2D eigenvalue weighted by molar-refractivity contribution is 7.91. The summed E-state index contributed by atoms with van der Waals surface area (Å²) in [5, 5.41) is 0. The van der Waals surface area contributed by atoms with E-state index >= 15 is 0 Å². The van der Waals surface area contributed by atoms with Crippen LogP contribution >= 0.6 is 0 Å². The highest BCUT2D eigenvalue weighted by atomic mass is 32.2. The summed E-state index contributed by atoms with van der Waals surface area (Å²) < 4.78 is 22.8. The summed E-state index contributed by atoms with van der Waals surface area (Å²) in [7, 11) is -2.80. The van der Waals surface area contributed by atoms with Gasteiger partial charge in [0.25, 0.3) is 0 Å². The Morgan fingerprint density at radius 1 is 1.28 bits per heavy atom. The molecule has 4 nitrogen and oxygen atoms in total. The van der Waals surface area contributed by atoms with E-state index in [1.54, 1.807) is 6.92 Å². The van der Waals surface area contributed by atoms with Crippen LogP contribution in [0.2, 0.25) is 0 Å². The molecule has 2 atom stereocenters. The van der Waals surface area contributed by atoms with Gasteiger partial charge in [-0.05, 0) is 44.3 Å². The Hall–Kier alpha value is -0.130. The molecule has 1 saturated heterocycles. The third-order valence-corrected chi connectivity index (χ3v) is 5.96. The lowest BCUT2D eigenvalue weighted by Crippen LogP contribution is -2.43. The fourth-order valence-corrected chi connectivity index (χ4v) is 3.64. The van der Waals surface area contributed by atoms with Crippen LogP contribution in [0.4, 0.5) is 0 Å². The van der Waals surface area contributed by atoms with Gasteiger partial charge in [-0.25, -0.2) is 8.42 Å². The lowest BCUT2D eigenvalue weighted by molar-refractivity contribution is 0.120. The van der Waals surface area contributed by atoms with Gasteiger partial charge >= 0.3 is 0 Å². The standard InChI is InChI=1S/C13H28N2O2S/c1-3-12-11-15(8-6-13(12)10-14)7-5-9-18(16,17)4-2/h12-13H,3-11,14H2,1-2H3. The van der Waals surface area contributed by atoms with Crippen molar-refractivity contribution in [3.05, 3.63) is 0 Å². The molecule has 2 unspecified atom stereocenters. The van der Waals surface area contributed by atoms with Gasteiger partial charge in [-0.15, -0.1) is 0 Å². The minimum absolute atomic E-state index is 0.264. The first-order valence-electron chi connectivity index (χ1n) is 7.15. The molecule has 0 aromatic rings. The molecule has 1 aliphatic rings. The first-order valence-corrected chi connectivity index (χ1v) is 8.97. The largest absolute Gasteiger partial charge is 0.330 e. The van der Waals surface area contributed by atoms with Crippen LogP contribution < -0.4 is 5.73 Å². The van der Waals surface area contributed by atoms with Crippen molar-refractivity contribution in [1.29, 1.82) is 0 Å². The van der Waals surface area contributed by atoms with Crippen LogP contribution in [-0.2, 0) is 9.84 Å². The van der Waals surface area contributed by atoms with Gasteiger partial charge in [-0.2, -0.15) is 0 Å². The Balaban J connectivity index is 2.32. The summed E-state index contributed by atoms with van der Waals surface area (Å²) in [6.07, 6.45) is 3.10. The normalized spacial score (nSPS) is 26.4. The van der Waals surface area contributed by atoms with Crippen molar-refractivity contribution in [1.82, 2.24) is 4.90 Å². The zero-order valence-electron chi connectivity index (χ0n) is 11.8. The number of hydrogen-bond acceptors (Lipinski definition) is 4. The second-order valence-corrected chi connectivity index (χ2v) is 7.82. The molecule has 2 N–H and O–H groups in total. The SMILES string of the molecule is CCC1CN(CCCS(=O)(=O)CC)CCC1CN. The molecule has 0 amide bonds. The van der Waals surface area contributed by atoms with E-state index in [2.05, 4.69) is 11.8 Å². The number of likely N-dealkylation sites (tertiary alicyclic amines) is 1. The number of sulfone groups is 1. The van der Waals surface area contributed by atoms with Gasteiger partial charge in [-0.1, -0.05) is 20.3 Å². The summed E-state index contributed by atoms with van der Waals surface area (Å²) >= 11 is 0. The average molecular weight is 276 g/mol. The molecule has 0 aromatic heterocycles. The van der Waals surface area contributed by atoms with Crippen molar-refractivity contribution in [3.63, 3.8) is 0 Å². The maximum atomic E-state index is 11.4. The van der Waals surface area contributed by atoms with Gasteiger partial charge < -0.3 is 10.6 Å². The molecular formula is C13H28N2O2S. The molecule has 1 fully saturated rings. The lowest BCUT2D eigenvalue weighted by atomic mass is 9.84. The predicted molar refractivity (Wildman–Crippen MR) is 76.3 cm³/mol. The van der Waals surface area contributed by atoms with Crippen molar-refractivity contribution in [2.75, 3.05) is 37.7 Å². The summed E-state index contributed by atoms with van der Waals surface area (Å²) in [6.45, 7) is 7.80. The third-order valence-electron chi connectivity index (χ3n) is 4.17. The second kappa shape index (κ2) is 7.46. The smallest absolute Gasteiger partial charge is 0.150 e. The molecule has 0 spiro atoms. The third kappa shape index (κ3) is 4.86. The van der Waals surface area contributed by atoms with Gasteiger partial charge in [0, 0.05) is 12.3 Å². The van der Waals surface area contributed by atoms with Gasteiger partial charge in [0.05, 0.1) is 5.75 Å². The van der Waals surface area contributed by atoms with Crippen LogP contribution in [0.25, 0.3) is 0 Å². The highest BCUT2D eigenvalue weighted by Gasteiger charge is 2.26. The van der Waals surface area contributed by atoms with E-state index in [1.807, 2.05) is 0 Å². The first kappa shape index (κ1) is 15.9. The fraction of sp³-hybridized carbons (Fsp3) is 1.00. The minimum Gasteiger partial charge on any atom is -0.330 e. The minimum atomic E-state index is -2.80. The van der Waals surface area contributed by atoms with Crippen LogP contribution in [0.15, 0.2) is 0 Å². The Kier molecular flexibility index (Phi) is 6.60. The zero-order valence-corrected chi connectivity index (χ0v) is 12.6. The number of hydrogen-bond donors (Lipinski definition) is 1. The van der Waals surface area contributed by atoms with Crippen LogP contribution in [0, 0.1) is 11.8 Å². The number of piperidine rings is 1.